The molecule has 0 atom stereocenters. The van der Waals surface area contributed by atoms with E-state index < -0.39 is 11.2 Å². The molecule has 1 aliphatic heterocycles. The Labute approximate surface area is 188 Å². The van der Waals surface area contributed by atoms with E-state index in [-0.39, 0.29) is 65.2 Å². The van der Waals surface area contributed by atoms with Crippen LogP contribution in [0.1, 0.15) is 62.5 Å². The van der Waals surface area contributed by atoms with E-state index in [1.54, 1.807) is 6.07 Å². The van der Waals surface area contributed by atoms with Crippen molar-refractivity contribution >= 4 is 41.8 Å². The third-order valence-corrected chi connectivity index (χ3v) is 5.03. The molecular weight excluding hydrogens is 429 g/mol. The van der Waals surface area contributed by atoms with Gasteiger partial charge in [0.1, 0.15) is 0 Å². The number of rotatable bonds is 5. The summed E-state index contributed by atoms with van der Waals surface area (Å²) in [7, 11) is 0. The first-order valence-electron chi connectivity index (χ1n) is 9.97. The molecule has 0 aliphatic carbocycles. The maximum atomic E-state index is 13.1. The van der Waals surface area contributed by atoms with E-state index in [1.165, 1.54) is 4.57 Å². The van der Waals surface area contributed by atoms with Crippen molar-refractivity contribution in [1.82, 2.24) is 25.2 Å². The van der Waals surface area contributed by atoms with Gasteiger partial charge in [0.15, 0.2) is 5.65 Å². The third-order valence-electron chi connectivity index (χ3n) is 5.03. The lowest BCUT2D eigenvalue weighted by Gasteiger charge is -2.24. The van der Waals surface area contributed by atoms with Crippen LogP contribution in [0.3, 0.4) is 0 Å². The van der Waals surface area contributed by atoms with E-state index in [4.69, 9.17) is 0 Å². The van der Waals surface area contributed by atoms with E-state index in [2.05, 4.69) is 20.6 Å². The van der Waals surface area contributed by atoms with Gasteiger partial charge in [-0.1, -0.05) is 27.7 Å². The Morgan fingerprint density at radius 2 is 1.83 bits per heavy atom. The van der Waals surface area contributed by atoms with Crippen LogP contribution in [0.25, 0.3) is 11.0 Å². The molecule has 10 heteroatoms. The van der Waals surface area contributed by atoms with Crippen LogP contribution in [0.5, 0.6) is 0 Å². The fraction of sp³-hybridized carbons (Fsp3) is 0.600. The summed E-state index contributed by atoms with van der Waals surface area (Å²) >= 11 is 0. The van der Waals surface area contributed by atoms with Gasteiger partial charge >= 0.3 is 5.69 Å². The average Bonchev–Trinajstić information content (AvgIpc) is 2.64. The van der Waals surface area contributed by atoms with E-state index in [0.717, 1.165) is 25.9 Å². The molecule has 3 heterocycles. The standard InChI is InChI=1S/C20H29N5O3.2ClH/c1-11(2)10-25-17-16(19(27)24-20(25)28)14(9-15(23-17)12(3)4)18(26)22-13-5-7-21-8-6-13;;/h9,11-13,21H,5-8,10H2,1-4H3,(H,22,26)(H,24,27,28);2*1H. The summed E-state index contributed by atoms with van der Waals surface area (Å²) < 4.78 is 1.47. The number of pyridine rings is 1. The summed E-state index contributed by atoms with van der Waals surface area (Å²) in [6, 6.07) is 1.75. The number of hydrogen-bond acceptors (Lipinski definition) is 5. The smallest absolute Gasteiger partial charge is 0.330 e. The Morgan fingerprint density at radius 3 is 2.40 bits per heavy atom. The van der Waals surface area contributed by atoms with Crippen molar-refractivity contribution in [3.8, 4) is 0 Å². The number of carbonyl (C=O) groups excluding carboxylic acids is 1. The van der Waals surface area contributed by atoms with Crippen molar-refractivity contribution in [2.45, 2.75) is 59.0 Å². The number of amides is 1. The zero-order valence-electron chi connectivity index (χ0n) is 17.8. The quantitative estimate of drug-likeness (QED) is 0.634. The zero-order chi connectivity index (χ0) is 20.4. The van der Waals surface area contributed by atoms with Crippen molar-refractivity contribution in [3.05, 3.63) is 38.2 Å². The number of nitrogens with one attached hydrogen (secondary N) is 3. The highest BCUT2D eigenvalue weighted by molar-refractivity contribution is 6.05. The molecule has 0 unspecified atom stereocenters. The van der Waals surface area contributed by atoms with Crippen molar-refractivity contribution in [1.29, 1.82) is 0 Å². The summed E-state index contributed by atoms with van der Waals surface area (Å²) in [4.78, 5) is 45.1. The van der Waals surface area contributed by atoms with Crippen LogP contribution in [-0.2, 0) is 6.54 Å². The first-order chi connectivity index (χ1) is 13.3. The Kier molecular flexibility index (Phi) is 9.52. The molecule has 0 bridgehead atoms. The predicted octanol–water partition coefficient (Wildman–Crippen LogP) is 2.19. The monoisotopic (exact) mass is 459 g/mol. The number of H-pyrrole nitrogens is 1. The molecule has 168 valence electrons. The van der Waals surface area contributed by atoms with E-state index in [1.807, 2.05) is 27.7 Å². The van der Waals surface area contributed by atoms with E-state index in [0.29, 0.717) is 12.2 Å². The molecular formula is C20H31Cl2N5O3. The van der Waals surface area contributed by atoms with Gasteiger partial charge in [0.05, 0.1) is 10.9 Å². The second kappa shape index (κ2) is 10.9. The molecule has 2 aromatic rings. The molecule has 1 fully saturated rings. The van der Waals surface area contributed by atoms with Gasteiger partial charge in [-0.05, 0) is 43.8 Å². The van der Waals surface area contributed by atoms with Crippen LogP contribution >= 0.6 is 24.8 Å². The number of piperidine rings is 1. The SMILES string of the molecule is CC(C)Cn1c(=O)[nH]c(=O)c2c(C(=O)NC3CCNCC3)cc(C(C)C)nc21.Cl.Cl. The van der Waals surface area contributed by atoms with Crippen molar-refractivity contribution in [3.63, 3.8) is 0 Å². The highest BCUT2D eigenvalue weighted by Crippen LogP contribution is 2.20. The molecule has 0 aromatic carbocycles. The highest BCUT2D eigenvalue weighted by atomic mass is 35.5. The van der Waals surface area contributed by atoms with E-state index >= 15 is 0 Å². The minimum Gasteiger partial charge on any atom is -0.349 e. The number of hydrogen-bond donors (Lipinski definition) is 3. The second-order valence-electron chi connectivity index (χ2n) is 8.21. The van der Waals surface area contributed by atoms with Gasteiger partial charge in [-0.3, -0.25) is 19.1 Å². The first kappa shape index (κ1) is 26.1. The molecule has 3 rings (SSSR count). The van der Waals surface area contributed by atoms with Crippen LogP contribution in [-0.4, -0.2) is 39.6 Å². The first-order valence-corrected chi connectivity index (χ1v) is 9.97. The Balaban J connectivity index is 0.00000225. The summed E-state index contributed by atoms with van der Waals surface area (Å²) in [5.74, 6) is -0.0542. The molecule has 3 N–H and O–H groups in total. The van der Waals surface area contributed by atoms with Crippen LogP contribution < -0.4 is 21.9 Å². The highest BCUT2D eigenvalue weighted by Gasteiger charge is 2.23. The summed E-state index contributed by atoms with van der Waals surface area (Å²) in [6.07, 6.45) is 1.69. The maximum Gasteiger partial charge on any atom is 0.330 e. The van der Waals surface area contributed by atoms with Crippen molar-refractivity contribution < 1.29 is 4.79 Å². The number of aromatic amines is 1. The van der Waals surface area contributed by atoms with Gasteiger partial charge in [-0.2, -0.15) is 0 Å². The molecule has 2 aromatic heterocycles. The van der Waals surface area contributed by atoms with Gasteiger partial charge in [-0.25, -0.2) is 9.78 Å². The zero-order valence-corrected chi connectivity index (χ0v) is 19.4. The Hall–Kier alpha value is -1.90. The van der Waals surface area contributed by atoms with Crippen LogP contribution in [0.15, 0.2) is 15.7 Å². The lowest BCUT2D eigenvalue weighted by atomic mass is 10.0. The normalized spacial score (nSPS) is 14.5. The largest absolute Gasteiger partial charge is 0.349 e. The number of nitrogens with zero attached hydrogens (tertiary/aromatic N) is 2. The molecule has 0 radical (unpaired) electrons. The minimum absolute atomic E-state index is 0. The molecule has 0 saturated carbocycles. The lowest BCUT2D eigenvalue weighted by Crippen LogP contribution is -2.43. The number of carbonyl (C=O) groups is 1. The van der Waals surface area contributed by atoms with Gasteiger partial charge in [0.25, 0.3) is 11.5 Å². The van der Waals surface area contributed by atoms with Crippen LogP contribution in [0, 0.1) is 5.92 Å². The van der Waals surface area contributed by atoms with Gasteiger partial charge < -0.3 is 10.6 Å². The number of halogens is 2. The van der Waals surface area contributed by atoms with Gasteiger partial charge in [0, 0.05) is 18.3 Å². The van der Waals surface area contributed by atoms with Gasteiger partial charge in [-0.15, -0.1) is 24.8 Å². The average molecular weight is 460 g/mol. The van der Waals surface area contributed by atoms with E-state index in [9.17, 15) is 14.4 Å². The molecule has 1 saturated heterocycles. The summed E-state index contributed by atoms with van der Waals surface area (Å²) in [5, 5.41) is 6.49. The number of fused-ring (bicyclic) bond motifs is 1. The third kappa shape index (κ3) is 5.62. The predicted molar refractivity (Wildman–Crippen MR) is 123 cm³/mol. The summed E-state index contributed by atoms with van der Waals surface area (Å²) in [5.41, 5.74) is 0.183. The van der Waals surface area contributed by atoms with Crippen LogP contribution in [0.2, 0.25) is 0 Å². The fourth-order valence-corrected chi connectivity index (χ4v) is 3.53. The van der Waals surface area contributed by atoms with Crippen molar-refractivity contribution in [2.24, 2.45) is 5.92 Å². The molecule has 1 aliphatic rings. The van der Waals surface area contributed by atoms with Gasteiger partial charge in [0.2, 0.25) is 0 Å². The Bertz CT molecular complexity index is 994. The lowest BCUT2D eigenvalue weighted by molar-refractivity contribution is 0.0931. The molecule has 1 amide bonds. The maximum absolute atomic E-state index is 13.1. The summed E-state index contributed by atoms with van der Waals surface area (Å²) in [6.45, 7) is 10.0. The minimum atomic E-state index is -0.571. The molecule has 8 nitrogen and oxygen atoms in total. The second-order valence-corrected chi connectivity index (χ2v) is 8.21. The Morgan fingerprint density at radius 1 is 1.20 bits per heavy atom. The van der Waals surface area contributed by atoms with Crippen molar-refractivity contribution in [2.75, 3.05) is 13.1 Å². The molecule has 30 heavy (non-hydrogen) atoms. The van der Waals surface area contributed by atoms with Crippen LogP contribution in [0.4, 0.5) is 0 Å². The fourth-order valence-electron chi connectivity index (χ4n) is 3.53. The topological polar surface area (TPSA) is 109 Å². The number of aromatic nitrogens is 3. The molecule has 0 spiro atoms.